The number of fused-ring (bicyclic) bond motifs is 1. The van der Waals surface area contributed by atoms with Crippen molar-refractivity contribution in [3.8, 4) is 23.0 Å². The fraction of sp³-hybridized carbons (Fsp3) is 0.273. The van der Waals surface area contributed by atoms with Crippen LogP contribution in [-0.4, -0.2) is 36.1 Å². The van der Waals surface area contributed by atoms with E-state index in [1.165, 1.54) is 4.90 Å². The predicted molar refractivity (Wildman–Crippen MR) is 131 cm³/mol. The molecule has 0 spiro atoms. The Morgan fingerprint density at radius 1 is 1.12 bits per heavy atom. The van der Waals surface area contributed by atoms with Crippen molar-refractivity contribution in [3.05, 3.63) is 48.9 Å². The zero-order chi connectivity index (χ0) is 22.8. The van der Waals surface area contributed by atoms with Gasteiger partial charge in [0.15, 0.2) is 23.0 Å². The van der Waals surface area contributed by atoms with Crippen LogP contribution in [0.5, 0.6) is 23.0 Å². The lowest BCUT2D eigenvalue weighted by Crippen LogP contribution is -2.27. The van der Waals surface area contributed by atoms with Gasteiger partial charge in [-0.3, -0.25) is 14.5 Å². The minimum atomic E-state index is -0.379. The summed E-state index contributed by atoms with van der Waals surface area (Å²) in [6, 6.07) is 7.02. The smallest absolute Gasteiger partial charge is 0.293 e. The molecule has 2 aromatic carbocycles. The molecule has 0 saturated carbocycles. The number of benzene rings is 2. The first-order valence-corrected chi connectivity index (χ1v) is 12.1. The summed E-state index contributed by atoms with van der Waals surface area (Å²) in [6.45, 7) is 4.94. The first kappa shape index (κ1) is 23.1. The van der Waals surface area contributed by atoms with Crippen LogP contribution in [0, 0.1) is 3.57 Å². The van der Waals surface area contributed by atoms with Crippen molar-refractivity contribution in [3.63, 3.8) is 0 Å². The number of nitrogens with zero attached hydrogens (tertiary/aromatic N) is 1. The predicted octanol–water partition coefficient (Wildman–Crippen LogP) is 5.71. The number of carbonyl (C=O) groups excluding carboxylic acids is 2. The third-order valence-corrected chi connectivity index (χ3v) is 6.72. The number of hydrogen-bond donors (Lipinski definition) is 0. The number of thioether (sulfide) groups is 1. The number of halogens is 2. The van der Waals surface area contributed by atoms with Gasteiger partial charge in [-0.25, -0.2) is 0 Å². The van der Waals surface area contributed by atoms with Crippen LogP contribution in [0.15, 0.2) is 29.2 Å². The Hall–Kier alpha value is -2.11. The van der Waals surface area contributed by atoms with Gasteiger partial charge in [-0.1, -0.05) is 11.6 Å². The van der Waals surface area contributed by atoms with Crippen LogP contribution in [0.2, 0.25) is 5.02 Å². The van der Waals surface area contributed by atoms with Gasteiger partial charge in [-0.15, -0.1) is 0 Å². The molecular formula is C22H19ClINO6S. The van der Waals surface area contributed by atoms with Crippen LogP contribution in [0.3, 0.4) is 0 Å². The molecule has 0 aromatic heterocycles. The molecule has 2 aliphatic rings. The van der Waals surface area contributed by atoms with Crippen LogP contribution < -0.4 is 18.9 Å². The van der Waals surface area contributed by atoms with Gasteiger partial charge in [0.25, 0.3) is 11.1 Å². The second-order valence-electron chi connectivity index (χ2n) is 6.76. The van der Waals surface area contributed by atoms with E-state index in [2.05, 4.69) is 22.6 Å². The van der Waals surface area contributed by atoms with Crippen LogP contribution >= 0.6 is 46.0 Å². The van der Waals surface area contributed by atoms with Crippen molar-refractivity contribution in [1.82, 2.24) is 4.90 Å². The maximum absolute atomic E-state index is 13.0. The molecule has 2 heterocycles. The summed E-state index contributed by atoms with van der Waals surface area (Å²) < 4.78 is 22.9. The summed E-state index contributed by atoms with van der Waals surface area (Å²) in [6.07, 6.45) is 1.69. The number of imide groups is 1. The lowest BCUT2D eigenvalue weighted by molar-refractivity contribution is -0.123. The molecule has 168 valence electrons. The third-order valence-electron chi connectivity index (χ3n) is 4.66. The first-order chi connectivity index (χ1) is 15.4. The maximum Gasteiger partial charge on any atom is 0.293 e. The Bertz CT molecular complexity index is 1120. The highest BCUT2D eigenvalue weighted by Crippen LogP contribution is 2.40. The molecule has 1 saturated heterocycles. The van der Waals surface area contributed by atoms with Gasteiger partial charge in [-0.2, -0.15) is 0 Å². The number of hydrogen-bond acceptors (Lipinski definition) is 7. The Labute approximate surface area is 208 Å². The fourth-order valence-corrected chi connectivity index (χ4v) is 5.09. The summed E-state index contributed by atoms with van der Waals surface area (Å²) in [5.41, 5.74) is 1.35. The molecule has 0 radical (unpaired) electrons. The quantitative estimate of drug-likeness (QED) is 0.304. The molecule has 2 aliphatic heterocycles. The summed E-state index contributed by atoms with van der Waals surface area (Å²) in [7, 11) is 0. The normalized spacial score (nSPS) is 16.2. The topological polar surface area (TPSA) is 74.3 Å². The van der Waals surface area contributed by atoms with Gasteiger partial charge in [0, 0.05) is 11.1 Å². The highest BCUT2D eigenvalue weighted by Gasteiger charge is 2.36. The molecule has 0 bridgehead atoms. The second kappa shape index (κ2) is 9.80. The van der Waals surface area contributed by atoms with E-state index in [0.29, 0.717) is 51.7 Å². The molecule has 7 nitrogen and oxygen atoms in total. The van der Waals surface area contributed by atoms with Crippen molar-refractivity contribution in [2.45, 2.75) is 20.4 Å². The van der Waals surface area contributed by atoms with Crippen molar-refractivity contribution in [1.29, 1.82) is 0 Å². The van der Waals surface area contributed by atoms with E-state index in [0.717, 1.165) is 20.9 Å². The standard InChI is InChI=1S/C22H19ClINO6S/c1-3-28-18-6-12(5-15(24)20(18)29-4-2)7-19-21(26)25(22(27)32-19)10-13-8-16-17(9-14(13)23)31-11-30-16/h5-9H,3-4,10-11H2,1-2H3/b19-7-. The van der Waals surface area contributed by atoms with Gasteiger partial charge in [0.05, 0.1) is 28.2 Å². The van der Waals surface area contributed by atoms with E-state index >= 15 is 0 Å². The van der Waals surface area contributed by atoms with Gasteiger partial charge < -0.3 is 18.9 Å². The summed E-state index contributed by atoms with van der Waals surface area (Å²) >= 11 is 9.38. The Balaban J connectivity index is 1.59. The molecular weight excluding hydrogens is 569 g/mol. The summed E-state index contributed by atoms with van der Waals surface area (Å²) in [5, 5.41) is 0.0420. The van der Waals surface area contributed by atoms with E-state index < -0.39 is 0 Å². The van der Waals surface area contributed by atoms with Crippen LogP contribution in [0.4, 0.5) is 4.79 Å². The van der Waals surface area contributed by atoms with Crippen molar-refractivity contribution in [2.75, 3.05) is 20.0 Å². The number of ether oxygens (including phenoxy) is 4. The van der Waals surface area contributed by atoms with E-state index in [9.17, 15) is 9.59 Å². The van der Waals surface area contributed by atoms with Crippen LogP contribution in [0.25, 0.3) is 6.08 Å². The third kappa shape index (κ3) is 4.65. The van der Waals surface area contributed by atoms with Gasteiger partial charge in [0.2, 0.25) is 6.79 Å². The Morgan fingerprint density at radius 2 is 1.84 bits per heavy atom. The van der Waals surface area contributed by atoms with Crippen LogP contribution in [-0.2, 0) is 11.3 Å². The molecule has 32 heavy (non-hydrogen) atoms. The molecule has 0 aliphatic carbocycles. The van der Waals surface area contributed by atoms with Gasteiger partial charge >= 0.3 is 0 Å². The Kier molecular flexibility index (Phi) is 7.06. The Morgan fingerprint density at radius 3 is 2.56 bits per heavy atom. The van der Waals surface area contributed by atoms with Crippen molar-refractivity contribution < 1.29 is 28.5 Å². The minimum Gasteiger partial charge on any atom is -0.490 e. The molecule has 1 fully saturated rings. The van der Waals surface area contributed by atoms with Gasteiger partial charge in [0.1, 0.15) is 0 Å². The van der Waals surface area contributed by atoms with Gasteiger partial charge in [-0.05, 0) is 83.6 Å². The SMILES string of the molecule is CCOc1cc(/C=C2\SC(=O)N(Cc3cc4c(cc3Cl)OCO4)C2=O)cc(I)c1OCC. The summed E-state index contributed by atoms with van der Waals surface area (Å²) in [4.78, 5) is 27.1. The highest BCUT2D eigenvalue weighted by molar-refractivity contribution is 14.1. The second-order valence-corrected chi connectivity index (χ2v) is 9.32. The van der Waals surface area contributed by atoms with E-state index in [-0.39, 0.29) is 24.5 Å². The number of rotatable bonds is 7. The molecule has 10 heteroatoms. The number of carbonyl (C=O) groups is 2. The van der Waals surface area contributed by atoms with E-state index in [4.69, 9.17) is 30.5 Å². The fourth-order valence-electron chi connectivity index (χ4n) is 3.26. The first-order valence-electron chi connectivity index (χ1n) is 9.83. The lowest BCUT2D eigenvalue weighted by Gasteiger charge is -2.14. The average molecular weight is 588 g/mol. The molecule has 2 amide bonds. The van der Waals surface area contributed by atoms with Crippen molar-refractivity contribution >= 4 is 63.2 Å². The number of amides is 2. The molecule has 4 rings (SSSR count). The molecule has 0 N–H and O–H groups in total. The average Bonchev–Trinajstić information content (AvgIpc) is 3.30. The minimum absolute atomic E-state index is 0.0441. The molecule has 0 atom stereocenters. The zero-order valence-corrected chi connectivity index (χ0v) is 21.0. The zero-order valence-electron chi connectivity index (χ0n) is 17.3. The molecule has 0 unspecified atom stereocenters. The van der Waals surface area contributed by atoms with Crippen LogP contribution in [0.1, 0.15) is 25.0 Å². The maximum atomic E-state index is 13.0. The lowest BCUT2D eigenvalue weighted by atomic mass is 10.1. The summed E-state index contributed by atoms with van der Waals surface area (Å²) in [5.74, 6) is 1.97. The van der Waals surface area contributed by atoms with E-state index in [1.54, 1.807) is 24.3 Å². The monoisotopic (exact) mass is 587 g/mol. The molecule has 2 aromatic rings. The van der Waals surface area contributed by atoms with Crippen molar-refractivity contribution in [2.24, 2.45) is 0 Å². The largest absolute Gasteiger partial charge is 0.490 e. The van der Waals surface area contributed by atoms with E-state index in [1.807, 2.05) is 19.9 Å². The highest BCUT2D eigenvalue weighted by atomic mass is 127.